The number of ether oxygens (including phenoxy) is 2. The fourth-order valence-electron chi connectivity index (χ4n) is 3.33. The molecule has 0 amide bonds. The average molecular weight is 290 g/mol. The Hall–Kier alpha value is -1.42. The number of hydrogen-bond acceptors (Lipinski definition) is 4. The number of fused-ring (bicyclic) bond motifs is 1. The molecule has 2 atom stereocenters. The summed E-state index contributed by atoms with van der Waals surface area (Å²) in [4.78, 5) is 2.55. The molecule has 1 aromatic carbocycles. The zero-order valence-corrected chi connectivity index (χ0v) is 13.3. The molecule has 21 heavy (non-hydrogen) atoms. The van der Waals surface area contributed by atoms with Crippen molar-refractivity contribution in [1.82, 2.24) is 5.32 Å². The maximum absolute atomic E-state index is 5.54. The van der Waals surface area contributed by atoms with Crippen LogP contribution in [0.15, 0.2) is 18.2 Å². The summed E-state index contributed by atoms with van der Waals surface area (Å²) < 4.78 is 11.0. The molecule has 0 aromatic heterocycles. The van der Waals surface area contributed by atoms with E-state index in [-0.39, 0.29) is 0 Å². The van der Waals surface area contributed by atoms with Gasteiger partial charge in [-0.25, -0.2) is 0 Å². The molecule has 0 aliphatic carbocycles. The van der Waals surface area contributed by atoms with Gasteiger partial charge in [-0.1, -0.05) is 27.2 Å². The maximum Gasteiger partial charge on any atom is 0.231 e. The normalized spacial score (nSPS) is 24.7. The molecule has 2 heterocycles. The molecule has 2 aliphatic rings. The van der Waals surface area contributed by atoms with Gasteiger partial charge >= 0.3 is 0 Å². The van der Waals surface area contributed by atoms with Gasteiger partial charge in [-0.15, -0.1) is 0 Å². The third-order valence-corrected chi connectivity index (χ3v) is 4.53. The van der Waals surface area contributed by atoms with E-state index in [2.05, 4.69) is 43.1 Å². The Bertz CT molecular complexity index is 490. The Labute approximate surface area is 127 Å². The third kappa shape index (κ3) is 2.95. The zero-order chi connectivity index (χ0) is 14.8. The van der Waals surface area contributed by atoms with Crippen molar-refractivity contribution < 1.29 is 9.47 Å². The summed E-state index contributed by atoms with van der Waals surface area (Å²) in [6, 6.07) is 7.43. The van der Waals surface area contributed by atoms with Crippen LogP contribution < -0.4 is 19.7 Å². The van der Waals surface area contributed by atoms with E-state index in [1.807, 2.05) is 6.07 Å². The van der Waals surface area contributed by atoms with E-state index in [0.29, 0.717) is 24.8 Å². The molecule has 1 aromatic rings. The second-order valence-corrected chi connectivity index (χ2v) is 6.40. The Morgan fingerprint density at radius 1 is 1.29 bits per heavy atom. The van der Waals surface area contributed by atoms with Crippen LogP contribution in [-0.4, -0.2) is 32.0 Å². The van der Waals surface area contributed by atoms with E-state index in [0.717, 1.165) is 24.6 Å². The number of hydrogen-bond donors (Lipinski definition) is 1. The quantitative estimate of drug-likeness (QED) is 0.924. The third-order valence-electron chi connectivity index (χ3n) is 4.53. The molecule has 2 aliphatic heterocycles. The summed E-state index contributed by atoms with van der Waals surface area (Å²) in [5.74, 6) is 2.35. The number of nitrogens with one attached hydrogen (secondary N) is 1. The molecule has 1 N–H and O–H groups in total. The summed E-state index contributed by atoms with van der Waals surface area (Å²) in [6.45, 7) is 9.31. The van der Waals surface area contributed by atoms with Gasteiger partial charge < -0.3 is 19.7 Å². The fraction of sp³-hybridized carbons (Fsp3) is 0.647. The average Bonchev–Trinajstić information content (AvgIpc) is 2.94. The summed E-state index contributed by atoms with van der Waals surface area (Å²) in [5.41, 5.74) is 1.25. The highest BCUT2D eigenvalue weighted by molar-refractivity contribution is 5.58. The summed E-state index contributed by atoms with van der Waals surface area (Å²) in [6.07, 6.45) is 2.45. The Morgan fingerprint density at radius 3 is 2.86 bits per heavy atom. The molecular formula is C17H26N2O2. The first kappa shape index (κ1) is 14.5. The number of nitrogens with zero attached hydrogens (tertiary/aromatic N) is 1. The lowest BCUT2D eigenvalue weighted by atomic mass is 9.96. The number of rotatable bonds is 4. The van der Waals surface area contributed by atoms with Crippen LogP contribution in [-0.2, 0) is 0 Å². The fourth-order valence-corrected chi connectivity index (χ4v) is 3.33. The highest BCUT2D eigenvalue weighted by Gasteiger charge is 2.30. The number of anilines is 1. The molecule has 4 heteroatoms. The smallest absolute Gasteiger partial charge is 0.231 e. The van der Waals surface area contributed by atoms with Gasteiger partial charge in [-0.3, -0.25) is 0 Å². The number of piperazine rings is 1. The molecule has 0 radical (unpaired) electrons. The van der Waals surface area contributed by atoms with Crippen LogP contribution in [0.25, 0.3) is 0 Å². The Morgan fingerprint density at radius 2 is 2.10 bits per heavy atom. The van der Waals surface area contributed by atoms with Crippen molar-refractivity contribution in [3.05, 3.63) is 18.2 Å². The molecular weight excluding hydrogens is 264 g/mol. The highest BCUT2D eigenvalue weighted by atomic mass is 16.7. The van der Waals surface area contributed by atoms with Crippen molar-refractivity contribution in [1.29, 1.82) is 0 Å². The predicted octanol–water partition coefficient (Wildman–Crippen LogP) is 3.02. The van der Waals surface area contributed by atoms with Crippen LogP contribution in [0.2, 0.25) is 0 Å². The first-order chi connectivity index (χ1) is 10.2. The summed E-state index contributed by atoms with van der Waals surface area (Å²) in [7, 11) is 0. The van der Waals surface area contributed by atoms with E-state index in [4.69, 9.17) is 9.47 Å². The van der Waals surface area contributed by atoms with Crippen molar-refractivity contribution >= 4 is 5.69 Å². The molecule has 0 saturated carbocycles. The van der Waals surface area contributed by atoms with Gasteiger partial charge in [0.15, 0.2) is 11.5 Å². The summed E-state index contributed by atoms with van der Waals surface area (Å²) in [5, 5.41) is 3.71. The van der Waals surface area contributed by atoms with Crippen molar-refractivity contribution in [2.45, 2.75) is 45.7 Å². The van der Waals surface area contributed by atoms with Gasteiger partial charge in [0.05, 0.1) is 0 Å². The monoisotopic (exact) mass is 290 g/mol. The predicted molar refractivity (Wildman–Crippen MR) is 85.2 cm³/mol. The van der Waals surface area contributed by atoms with Gasteiger partial charge in [0, 0.05) is 36.9 Å². The van der Waals surface area contributed by atoms with Crippen LogP contribution in [0, 0.1) is 5.92 Å². The van der Waals surface area contributed by atoms with Crippen LogP contribution in [0.4, 0.5) is 5.69 Å². The minimum atomic E-state index is 0.340. The minimum Gasteiger partial charge on any atom is -0.454 e. The van der Waals surface area contributed by atoms with Crippen molar-refractivity contribution in [3.63, 3.8) is 0 Å². The van der Waals surface area contributed by atoms with E-state index in [1.165, 1.54) is 18.5 Å². The highest BCUT2D eigenvalue weighted by Crippen LogP contribution is 2.37. The van der Waals surface area contributed by atoms with Crippen LogP contribution in [0.3, 0.4) is 0 Å². The van der Waals surface area contributed by atoms with Crippen LogP contribution in [0.1, 0.15) is 33.6 Å². The Kier molecular flexibility index (Phi) is 4.24. The van der Waals surface area contributed by atoms with E-state index < -0.39 is 0 Å². The van der Waals surface area contributed by atoms with Gasteiger partial charge in [0.25, 0.3) is 0 Å². The molecule has 4 nitrogen and oxygen atoms in total. The maximum atomic E-state index is 5.54. The van der Waals surface area contributed by atoms with E-state index in [1.54, 1.807) is 0 Å². The SMILES string of the molecule is CCCC1CN(c2ccc3c(c2)OCO3)C(C(C)C)CN1. The Balaban J connectivity index is 1.84. The molecule has 1 fully saturated rings. The lowest BCUT2D eigenvalue weighted by Crippen LogP contribution is -2.58. The topological polar surface area (TPSA) is 33.7 Å². The zero-order valence-electron chi connectivity index (χ0n) is 13.3. The van der Waals surface area contributed by atoms with Gasteiger partial charge in [-0.05, 0) is 24.5 Å². The second-order valence-electron chi connectivity index (χ2n) is 6.40. The largest absolute Gasteiger partial charge is 0.454 e. The molecule has 3 rings (SSSR count). The molecule has 1 saturated heterocycles. The standard InChI is InChI=1S/C17H26N2O2/c1-4-5-13-10-19(15(9-18-13)12(2)3)14-6-7-16-17(8-14)21-11-20-16/h6-8,12-13,15,18H,4-5,9-11H2,1-3H3. The van der Waals surface area contributed by atoms with Crippen molar-refractivity contribution in [2.24, 2.45) is 5.92 Å². The number of benzene rings is 1. The second kappa shape index (κ2) is 6.14. The van der Waals surface area contributed by atoms with E-state index in [9.17, 15) is 0 Å². The first-order valence-corrected chi connectivity index (χ1v) is 8.08. The lowest BCUT2D eigenvalue weighted by molar-refractivity contribution is 0.174. The van der Waals surface area contributed by atoms with Gasteiger partial charge in [-0.2, -0.15) is 0 Å². The molecule has 0 bridgehead atoms. The molecule has 116 valence electrons. The van der Waals surface area contributed by atoms with Crippen molar-refractivity contribution in [2.75, 3.05) is 24.8 Å². The molecule has 0 spiro atoms. The molecule has 2 unspecified atom stereocenters. The van der Waals surface area contributed by atoms with Gasteiger partial charge in [0.2, 0.25) is 6.79 Å². The minimum absolute atomic E-state index is 0.340. The first-order valence-electron chi connectivity index (χ1n) is 8.08. The van der Waals surface area contributed by atoms with Crippen LogP contribution in [0.5, 0.6) is 11.5 Å². The summed E-state index contributed by atoms with van der Waals surface area (Å²) >= 11 is 0. The van der Waals surface area contributed by atoms with Gasteiger partial charge in [0.1, 0.15) is 0 Å². The van der Waals surface area contributed by atoms with Crippen LogP contribution >= 0.6 is 0 Å². The van der Waals surface area contributed by atoms with Crippen molar-refractivity contribution in [3.8, 4) is 11.5 Å². The van der Waals surface area contributed by atoms with E-state index >= 15 is 0 Å². The lowest BCUT2D eigenvalue weighted by Gasteiger charge is -2.44.